The van der Waals surface area contributed by atoms with Crippen LogP contribution in [0.5, 0.6) is 0 Å². The van der Waals surface area contributed by atoms with Gasteiger partial charge in [0, 0.05) is 5.75 Å². The van der Waals surface area contributed by atoms with Crippen LogP contribution in [0.4, 0.5) is 4.79 Å². The minimum Gasteiger partial charge on any atom is -0.652 e. The van der Waals surface area contributed by atoms with E-state index in [-0.39, 0.29) is 109 Å². The van der Waals surface area contributed by atoms with E-state index in [0.29, 0.717) is 0 Å². The van der Waals surface area contributed by atoms with E-state index in [2.05, 4.69) is 12.6 Å². The van der Waals surface area contributed by atoms with E-state index >= 15 is 0 Å². The maximum atomic E-state index is 9.76. The van der Waals surface area contributed by atoms with Crippen LogP contribution in [0.1, 0.15) is 0 Å². The second kappa shape index (κ2) is 16.7. The molecule has 0 aromatic rings. The first kappa shape index (κ1) is 24.5. The van der Waals surface area contributed by atoms with Gasteiger partial charge in [0.1, 0.15) is 6.04 Å². The third kappa shape index (κ3) is 31.4. The number of carboxylic acid groups (broad SMARTS) is 3. The molecule has 0 aliphatic carbocycles. The summed E-state index contributed by atoms with van der Waals surface area (Å²) in [6, 6.07) is -0.816. The number of nitrogens with two attached hydrogens (primary N) is 1. The van der Waals surface area contributed by atoms with Crippen LogP contribution >= 0.6 is 12.6 Å². The maximum Gasteiger partial charge on any atom is 1.00 e. The molecule has 9 heteroatoms. The van der Waals surface area contributed by atoms with E-state index in [9.17, 15) is 4.79 Å². The molecule has 0 aromatic carbocycles. The van der Waals surface area contributed by atoms with Crippen LogP contribution < -0.4 is 119 Å². The van der Waals surface area contributed by atoms with Gasteiger partial charge in [0.15, 0.2) is 0 Å². The normalized spacial score (nSPS) is 9.08. The molecule has 3 N–H and O–H groups in total. The fourth-order valence-electron chi connectivity index (χ4n) is 0.0781. The van der Waals surface area contributed by atoms with Gasteiger partial charge >= 0.3 is 109 Å². The van der Waals surface area contributed by atoms with Crippen LogP contribution in [0.15, 0.2) is 0 Å². The number of carboxylic acids is 1. The van der Waals surface area contributed by atoms with Crippen molar-refractivity contribution >= 4 is 24.8 Å². The van der Waals surface area contributed by atoms with Crippen LogP contribution in [0.25, 0.3) is 0 Å². The minimum atomic E-state index is -2.33. The number of aliphatic carboxylic acids is 1. The molecule has 66 valence electrons. The standard InChI is InChI=1S/C3H7NO2S.CH2O3.2K/c4-2(1-7)3(5)6;2-1(3)4;;/h2,7H,1,4H2,(H,5,6);(H2,2,3,4);;/q;;2*+1/p-2. The fourth-order valence-corrected chi connectivity index (χ4v) is 0.234. The van der Waals surface area contributed by atoms with Gasteiger partial charge in [-0.05, 0) is 6.16 Å². The summed E-state index contributed by atoms with van der Waals surface area (Å²) in [5.74, 6) is -0.815. The van der Waals surface area contributed by atoms with E-state index in [0.717, 1.165) is 0 Å². The summed E-state index contributed by atoms with van der Waals surface area (Å²) in [5.41, 5.74) is 4.94. The van der Waals surface area contributed by atoms with Crippen molar-refractivity contribution < 1.29 is 128 Å². The van der Waals surface area contributed by atoms with E-state index in [4.69, 9.17) is 25.8 Å². The Kier molecular flexibility index (Phi) is 31.6. The third-order valence-electron chi connectivity index (χ3n) is 0.514. The number of hydrogen-bond acceptors (Lipinski definition) is 6. The smallest absolute Gasteiger partial charge is 0.652 e. The van der Waals surface area contributed by atoms with Crippen LogP contribution in [-0.4, -0.2) is 29.0 Å². The minimum absolute atomic E-state index is 0. The molecule has 0 heterocycles. The SMILES string of the molecule is NC(CS)C(=O)O.O=C([O-])[O-].[K+].[K+]. The fraction of sp³-hybridized carbons (Fsp3) is 0.500. The van der Waals surface area contributed by atoms with Crippen LogP contribution in [0.2, 0.25) is 0 Å². The van der Waals surface area contributed by atoms with Gasteiger partial charge < -0.3 is 25.8 Å². The maximum absolute atomic E-state index is 9.76. The Balaban J connectivity index is -0.0000000600. The summed E-state index contributed by atoms with van der Waals surface area (Å²) in [6.45, 7) is 0. The molecule has 0 fully saturated rings. The van der Waals surface area contributed by atoms with Gasteiger partial charge in [0.25, 0.3) is 0 Å². The van der Waals surface area contributed by atoms with E-state index in [1.807, 2.05) is 0 Å². The largest absolute Gasteiger partial charge is 1.00 e. The first-order chi connectivity index (χ1) is 4.91. The molecule has 0 aliphatic heterocycles. The van der Waals surface area contributed by atoms with Crippen molar-refractivity contribution in [2.24, 2.45) is 5.73 Å². The van der Waals surface area contributed by atoms with Crippen molar-refractivity contribution in [3.63, 3.8) is 0 Å². The van der Waals surface area contributed by atoms with Crippen LogP contribution in [0, 0.1) is 0 Å². The number of hydrogen-bond donors (Lipinski definition) is 3. The van der Waals surface area contributed by atoms with Gasteiger partial charge in [-0.15, -0.1) is 0 Å². The zero-order chi connectivity index (χ0) is 9.44. The molecule has 0 spiro atoms. The molecule has 6 nitrogen and oxygen atoms in total. The average molecular weight is 259 g/mol. The monoisotopic (exact) mass is 259 g/mol. The molecular formula is C4H7K2NO5S. The molecule has 0 aromatic heterocycles. The van der Waals surface area contributed by atoms with Gasteiger partial charge in [-0.1, -0.05) is 0 Å². The predicted octanol–water partition coefficient (Wildman–Crippen LogP) is -9.11. The molecule has 0 saturated heterocycles. The van der Waals surface area contributed by atoms with Gasteiger partial charge in [-0.2, -0.15) is 12.6 Å². The van der Waals surface area contributed by atoms with E-state index < -0.39 is 18.2 Å². The van der Waals surface area contributed by atoms with Crippen molar-refractivity contribution in [2.45, 2.75) is 6.04 Å². The Morgan fingerprint density at radius 3 is 1.62 bits per heavy atom. The Hall–Kier alpha value is 2.32. The summed E-state index contributed by atoms with van der Waals surface area (Å²) in [5, 5.41) is 24.7. The zero-order valence-corrected chi connectivity index (χ0v) is 14.5. The van der Waals surface area contributed by atoms with E-state index in [1.165, 1.54) is 0 Å². The first-order valence-electron chi connectivity index (χ1n) is 2.39. The topological polar surface area (TPSA) is 127 Å². The second-order valence-electron chi connectivity index (χ2n) is 1.38. The van der Waals surface area contributed by atoms with Gasteiger partial charge in [0.05, 0.1) is 0 Å². The predicted molar refractivity (Wildman–Crippen MR) is 34.9 cm³/mol. The molecule has 0 amide bonds. The molecule has 0 radical (unpaired) electrons. The second-order valence-corrected chi connectivity index (χ2v) is 1.74. The van der Waals surface area contributed by atoms with Crippen LogP contribution in [-0.2, 0) is 4.79 Å². The van der Waals surface area contributed by atoms with Gasteiger partial charge in [-0.3, -0.25) is 4.79 Å². The van der Waals surface area contributed by atoms with Crippen LogP contribution in [0.3, 0.4) is 0 Å². The Bertz CT molecular complexity index is 142. The Morgan fingerprint density at radius 2 is 1.62 bits per heavy atom. The van der Waals surface area contributed by atoms with E-state index in [1.54, 1.807) is 0 Å². The van der Waals surface area contributed by atoms with Gasteiger partial charge in [-0.25, -0.2) is 0 Å². The van der Waals surface area contributed by atoms with Crippen molar-refractivity contribution in [3.8, 4) is 0 Å². The quantitative estimate of drug-likeness (QED) is 0.334. The molecule has 0 saturated carbocycles. The molecule has 0 aliphatic rings. The van der Waals surface area contributed by atoms with Gasteiger partial charge in [0.2, 0.25) is 0 Å². The van der Waals surface area contributed by atoms with Crippen molar-refractivity contribution in [3.05, 3.63) is 0 Å². The molecular weight excluding hydrogens is 252 g/mol. The number of carbonyl (C=O) groups excluding carboxylic acids is 1. The van der Waals surface area contributed by atoms with Crippen molar-refractivity contribution in [2.75, 3.05) is 5.75 Å². The Morgan fingerprint density at radius 1 is 1.38 bits per heavy atom. The number of rotatable bonds is 2. The Labute approximate surface area is 166 Å². The molecule has 1 unspecified atom stereocenters. The van der Waals surface area contributed by atoms with Crippen molar-refractivity contribution in [1.29, 1.82) is 0 Å². The number of carbonyl (C=O) groups is 2. The molecule has 13 heavy (non-hydrogen) atoms. The average Bonchev–Trinajstić information content (AvgIpc) is 1.85. The summed E-state index contributed by atoms with van der Waals surface area (Å²) >= 11 is 3.65. The zero-order valence-electron chi connectivity index (χ0n) is 7.39. The molecule has 1 atom stereocenters. The summed E-state index contributed by atoms with van der Waals surface area (Å²) in [7, 11) is 0. The summed E-state index contributed by atoms with van der Waals surface area (Å²) < 4.78 is 0. The summed E-state index contributed by atoms with van der Waals surface area (Å²) in [4.78, 5) is 18.1. The number of thiol groups is 1. The third-order valence-corrected chi connectivity index (χ3v) is 0.907. The summed E-state index contributed by atoms with van der Waals surface area (Å²) in [6.07, 6.45) is -2.33. The molecule has 0 rings (SSSR count). The van der Waals surface area contributed by atoms with Crippen molar-refractivity contribution in [1.82, 2.24) is 0 Å². The first-order valence-corrected chi connectivity index (χ1v) is 3.02. The molecule has 0 bridgehead atoms.